The summed E-state index contributed by atoms with van der Waals surface area (Å²) in [6, 6.07) is -1.05. The first-order valence-electron chi connectivity index (χ1n) is 6.16. The van der Waals surface area contributed by atoms with Crippen LogP contribution in [0.4, 0.5) is 4.79 Å². The van der Waals surface area contributed by atoms with E-state index < -0.39 is 12.0 Å². The van der Waals surface area contributed by atoms with E-state index in [-0.39, 0.29) is 17.5 Å². The topological polar surface area (TPSA) is 78.4 Å². The second-order valence-electron chi connectivity index (χ2n) is 5.35. The molecule has 0 radical (unpaired) electrons. The summed E-state index contributed by atoms with van der Waals surface area (Å²) >= 11 is 0. The van der Waals surface area contributed by atoms with Crippen LogP contribution in [-0.2, 0) is 4.79 Å². The molecular weight excluding hydrogens is 220 g/mol. The number of urea groups is 1. The second kappa shape index (κ2) is 5.38. The molecule has 2 atom stereocenters. The van der Waals surface area contributed by atoms with Crippen molar-refractivity contribution in [3.05, 3.63) is 0 Å². The number of hydrogen-bond donors (Lipinski definition) is 3. The molecule has 5 heteroatoms. The first-order valence-corrected chi connectivity index (χ1v) is 6.16. The van der Waals surface area contributed by atoms with Crippen LogP contribution in [0.5, 0.6) is 0 Å². The van der Waals surface area contributed by atoms with Gasteiger partial charge in [0.15, 0.2) is 0 Å². The zero-order valence-electron chi connectivity index (χ0n) is 10.7. The summed E-state index contributed by atoms with van der Waals surface area (Å²) in [5, 5.41) is 14.2. The van der Waals surface area contributed by atoms with Gasteiger partial charge in [-0.1, -0.05) is 27.2 Å². The SMILES string of the molecule is CC[C@@H](NC(=O)NC1CCCC1(C)C)C(=O)O. The number of nitrogens with one attached hydrogen (secondary N) is 2. The average molecular weight is 242 g/mol. The van der Waals surface area contributed by atoms with Crippen LogP contribution in [0.3, 0.4) is 0 Å². The lowest BCUT2D eigenvalue weighted by atomic mass is 9.87. The van der Waals surface area contributed by atoms with Gasteiger partial charge in [-0.2, -0.15) is 0 Å². The number of carbonyl (C=O) groups is 2. The maximum Gasteiger partial charge on any atom is 0.326 e. The molecule has 2 amide bonds. The first-order chi connectivity index (χ1) is 7.86. The van der Waals surface area contributed by atoms with Crippen molar-refractivity contribution in [2.24, 2.45) is 5.41 Å². The fraction of sp³-hybridized carbons (Fsp3) is 0.833. The van der Waals surface area contributed by atoms with Gasteiger partial charge in [0, 0.05) is 6.04 Å². The molecule has 3 N–H and O–H groups in total. The van der Waals surface area contributed by atoms with E-state index in [0.29, 0.717) is 6.42 Å². The minimum Gasteiger partial charge on any atom is -0.480 e. The lowest BCUT2D eigenvalue weighted by Gasteiger charge is -2.28. The zero-order chi connectivity index (χ0) is 13.1. The Balaban J connectivity index is 2.47. The Morgan fingerprint density at radius 2 is 2.12 bits per heavy atom. The van der Waals surface area contributed by atoms with E-state index in [0.717, 1.165) is 19.3 Å². The Bertz CT molecular complexity index is 302. The van der Waals surface area contributed by atoms with Gasteiger partial charge in [-0.3, -0.25) is 0 Å². The molecule has 0 spiro atoms. The number of aliphatic carboxylic acids is 1. The van der Waals surface area contributed by atoms with Gasteiger partial charge in [0.1, 0.15) is 6.04 Å². The Kier molecular flexibility index (Phi) is 4.37. The van der Waals surface area contributed by atoms with Crippen LogP contribution >= 0.6 is 0 Å². The molecule has 5 nitrogen and oxygen atoms in total. The molecular formula is C12H22N2O3. The summed E-state index contributed by atoms with van der Waals surface area (Å²) in [6.45, 7) is 5.98. The van der Waals surface area contributed by atoms with Crippen LogP contribution in [0.1, 0.15) is 46.5 Å². The summed E-state index contributed by atoms with van der Waals surface area (Å²) in [4.78, 5) is 22.5. The molecule has 98 valence electrons. The van der Waals surface area contributed by atoms with E-state index in [1.54, 1.807) is 6.92 Å². The molecule has 0 bridgehead atoms. The monoisotopic (exact) mass is 242 g/mol. The summed E-state index contributed by atoms with van der Waals surface area (Å²) < 4.78 is 0. The highest BCUT2D eigenvalue weighted by Gasteiger charge is 2.35. The number of amides is 2. The predicted octanol–water partition coefficient (Wildman–Crippen LogP) is 1.73. The summed E-state index contributed by atoms with van der Waals surface area (Å²) in [6.07, 6.45) is 3.54. The Morgan fingerprint density at radius 3 is 2.53 bits per heavy atom. The van der Waals surface area contributed by atoms with Gasteiger partial charge < -0.3 is 15.7 Å². The maximum atomic E-state index is 11.7. The van der Waals surface area contributed by atoms with Gasteiger partial charge >= 0.3 is 12.0 Å². The molecule has 0 heterocycles. The molecule has 0 saturated heterocycles. The lowest BCUT2D eigenvalue weighted by molar-refractivity contribution is -0.139. The zero-order valence-corrected chi connectivity index (χ0v) is 10.7. The fourth-order valence-electron chi connectivity index (χ4n) is 2.29. The molecule has 1 unspecified atom stereocenters. The number of carboxylic acids is 1. The molecule has 0 aromatic heterocycles. The minimum atomic E-state index is -0.992. The molecule has 0 aliphatic heterocycles. The van der Waals surface area contributed by atoms with E-state index in [2.05, 4.69) is 24.5 Å². The molecule has 1 fully saturated rings. The van der Waals surface area contributed by atoms with Crippen molar-refractivity contribution in [3.8, 4) is 0 Å². The summed E-state index contributed by atoms with van der Waals surface area (Å²) in [5.41, 5.74) is 0.0995. The highest BCUT2D eigenvalue weighted by molar-refractivity contribution is 5.82. The quantitative estimate of drug-likeness (QED) is 0.702. The van der Waals surface area contributed by atoms with Gasteiger partial charge in [-0.15, -0.1) is 0 Å². The third-order valence-electron chi connectivity index (χ3n) is 3.57. The van der Waals surface area contributed by atoms with Gasteiger partial charge in [0.2, 0.25) is 0 Å². The highest BCUT2D eigenvalue weighted by Crippen LogP contribution is 2.36. The first kappa shape index (κ1) is 13.8. The van der Waals surface area contributed by atoms with Crippen LogP contribution in [0.15, 0.2) is 0 Å². The van der Waals surface area contributed by atoms with Crippen molar-refractivity contribution >= 4 is 12.0 Å². The minimum absolute atomic E-state index is 0.0995. The number of carboxylic acid groups (broad SMARTS) is 1. The Labute approximate surface area is 102 Å². The fourth-order valence-corrected chi connectivity index (χ4v) is 2.29. The molecule has 1 aliphatic carbocycles. The van der Waals surface area contributed by atoms with Gasteiger partial charge in [-0.25, -0.2) is 9.59 Å². The van der Waals surface area contributed by atoms with E-state index in [4.69, 9.17) is 5.11 Å². The maximum absolute atomic E-state index is 11.7. The largest absolute Gasteiger partial charge is 0.480 e. The second-order valence-corrected chi connectivity index (χ2v) is 5.35. The van der Waals surface area contributed by atoms with Crippen molar-refractivity contribution < 1.29 is 14.7 Å². The van der Waals surface area contributed by atoms with Gasteiger partial charge in [0.25, 0.3) is 0 Å². The van der Waals surface area contributed by atoms with Crippen molar-refractivity contribution in [2.75, 3.05) is 0 Å². The lowest BCUT2D eigenvalue weighted by Crippen LogP contribution is -2.51. The Morgan fingerprint density at radius 1 is 1.47 bits per heavy atom. The summed E-state index contributed by atoms with van der Waals surface area (Å²) in [5.74, 6) is -0.992. The van der Waals surface area contributed by atoms with Gasteiger partial charge in [-0.05, 0) is 24.7 Å². The number of rotatable bonds is 4. The van der Waals surface area contributed by atoms with E-state index in [1.807, 2.05) is 0 Å². The molecule has 0 aromatic carbocycles. The van der Waals surface area contributed by atoms with Crippen LogP contribution in [0.2, 0.25) is 0 Å². The van der Waals surface area contributed by atoms with E-state index >= 15 is 0 Å². The Hall–Kier alpha value is -1.26. The third kappa shape index (κ3) is 3.61. The van der Waals surface area contributed by atoms with Crippen molar-refractivity contribution in [3.63, 3.8) is 0 Å². The number of hydrogen-bond acceptors (Lipinski definition) is 2. The van der Waals surface area contributed by atoms with Crippen molar-refractivity contribution in [2.45, 2.75) is 58.5 Å². The number of carbonyl (C=O) groups excluding carboxylic acids is 1. The molecule has 1 rings (SSSR count). The standard InChI is InChI=1S/C12H22N2O3/c1-4-8(10(15)16)13-11(17)14-9-6-5-7-12(9,2)3/h8-9H,4-7H2,1-3H3,(H,15,16)(H2,13,14,17)/t8-,9?/m1/s1. The molecule has 17 heavy (non-hydrogen) atoms. The van der Waals surface area contributed by atoms with Crippen LogP contribution in [0.25, 0.3) is 0 Å². The van der Waals surface area contributed by atoms with Crippen LogP contribution in [-0.4, -0.2) is 29.2 Å². The predicted molar refractivity (Wildman–Crippen MR) is 64.8 cm³/mol. The molecule has 0 aromatic rings. The molecule has 1 saturated carbocycles. The third-order valence-corrected chi connectivity index (χ3v) is 3.57. The van der Waals surface area contributed by atoms with Gasteiger partial charge in [0.05, 0.1) is 0 Å². The van der Waals surface area contributed by atoms with Crippen molar-refractivity contribution in [1.82, 2.24) is 10.6 Å². The highest BCUT2D eigenvalue weighted by atomic mass is 16.4. The van der Waals surface area contributed by atoms with Crippen LogP contribution in [0, 0.1) is 5.41 Å². The molecule has 1 aliphatic rings. The van der Waals surface area contributed by atoms with Crippen molar-refractivity contribution in [1.29, 1.82) is 0 Å². The average Bonchev–Trinajstić information content (AvgIpc) is 2.54. The summed E-state index contributed by atoms with van der Waals surface area (Å²) in [7, 11) is 0. The smallest absolute Gasteiger partial charge is 0.326 e. The normalized spacial score (nSPS) is 24.1. The van der Waals surface area contributed by atoms with E-state index in [1.165, 1.54) is 0 Å². The van der Waals surface area contributed by atoms with E-state index in [9.17, 15) is 9.59 Å². The van der Waals surface area contributed by atoms with Crippen LogP contribution < -0.4 is 10.6 Å².